The van der Waals surface area contributed by atoms with Crippen molar-refractivity contribution in [2.24, 2.45) is 28.6 Å². The smallest absolute Gasteiger partial charge is 0.310 e. The van der Waals surface area contributed by atoms with E-state index in [1.54, 1.807) is 6.07 Å². The largest absolute Gasteiger partial charge is 0.472 e. The molecule has 1 aromatic heterocycles. The number of hydrogen-bond donors (Lipinski definition) is 0. The quantitative estimate of drug-likeness (QED) is 0.483. The first-order valence-electron chi connectivity index (χ1n) is 10.6. The minimum Gasteiger partial charge on any atom is -0.472 e. The second-order valence-corrected chi connectivity index (χ2v) is 11.3. The molecule has 3 aliphatic rings. The van der Waals surface area contributed by atoms with Crippen LogP contribution in [-0.4, -0.2) is 45.6 Å². The molecule has 32 heavy (non-hydrogen) atoms. The van der Waals surface area contributed by atoms with Gasteiger partial charge in [-0.25, -0.2) is 0 Å². The minimum atomic E-state index is -3.95. The van der Waals surface area contributed by atoms with E-state index in [1.807, 2.05) is 13.8 Å². The number of cyclic esters (lactones) is 1. The second kappa shape index (κ2) is 7.69. The molecule has 0 spiro atoms. The molecule has 9 nitrogen and oxygen atoms in total. The van der Waals surface area contributed by atoms with Crippen LogP contribution in [-0.2, 0) is 38.2 Å². The predicted octanol–water partition coefficient (Wildman–Crippen LogP) is 2.41. The summed E-state index contributed by atoms with van der Waals surface area (Å²) in [7, 11) is -2.69. The molecule has 0 bridgehead atoms. The van der Waals surface area contributed by atoms with Gasteiger partial charge in [0, 0.05) is 11.5 Å². The normalized spacial score (nSPS) is 39.6. The van der Waals surface area contributed by atoms with E-state index >= 15 is 0 Å². The SMILES string of the molecule is COC(=O)C1CC(OS(C)(=O)=O)C(=O)C2C1(C)CCC1C(=O)OC(c3ccoc3)CC12C. The van der Waals surface area contributed by atoms with Crippen LogP contribution in [0.5, 0.6) is 0 Å². The molecule has 2 aliphatic carbocycles. The van der Waals surface area contributed by atoms with Gasteiger partial charge in [-0.2, -0.15) is 8.42 Å². The van der Waals surface area contributed by atoms with Crippen molar-refractivity contribution in [3.8, 4) is 0 Å². The van der Waals surface area contributed by atoms with Gasteiger partial charge in [0.05, 0.1) is 37.7 Å². The maximum absolute atomic E-state index is 13.7. The lowest BCUT2D eigenvalue weighted by Crippen LogP contribution is -2.64. The summed E-state index contributed by atoms with van der Waals surface area (Å²) in [5, 5.41) is 0. The van der Waals surface area contributed by atoms with Gasteiger partial charge in [-0.3, -0.25) is 18.6 Å². The van der Waals surface area contributed by atoms with Crippen molar-refractivity contribution in [1.82, 2.24) is 0 Å². The minimum absolute atomic E-state index is 0.0814. The number of ether oxygens (including phenoxy) is 2. The number of carbonyl (C=O) groups is 3. The molecule has 0 aromatic carbocycles. The maximum atomic E-state index is 13.7. The molecule has 1 aromatic rings. The first kappa shape index (κ1) is 23.0. The highest BCUT2D eigenvalue weighted by Gasteiger charge is 2.67. The summed E-state index contributed by atoms with van der Waals surface area (Å²) >= 11 is 0. The number of methoxy groups -OCH3 is 1. The zero-order chi connectivity index (χ0) is 23.5. The highest BCUT2D eigenvalue weighted by atomic mass is 32.2. The Balaban J connectivity index is 1.81. The first-order valence-corrected chi connectivity index (χ1v) is 12.4. The predicted molar refractivity (Wildman–Crippen MR) is 109 cm³/mol. The van der Waals surface area contributed by atoms with E-state index in [0.717, 1.165) is 6.26 Å². The molecule has 176 valence electrons. The lowest BCUT2D eigenvalue weighted by molar-refractivity contribution is -0.206. The summed E-state index contributed by atoms with van der Waals surface area (Å²) in [4.78, 5) is 39.6. The molecule has 7 atom stereocenters. The number of fused-ring (bicyclic) bond motifs is 3. The summed E-state index contributed by atoms with van der Waals surface area (Å²) in [6, 6.07) is 1.71. The van der Waals surface area contributed by atoms with Crippen LogP contribution >= 0.6 is 0 Å². The van der Waals surface area contributed by atoms with Crippen molar-refractivity contribution in [2.75, 3.05) is 13.4 Å². The van der Waals surface area contributed by atoms with Crippen LogP contribution in [0.4, 0.5) is 0 Å². The van der Waals surface area contributed by atoms with Gasteiger partial charge in [0.15, 0.2) is 5.78 Å². The lowest BCUT2D eigenvalue weighted by Gasteiger charge is -2.61. The monoisotopic (exact) mass is 468 g/mol. The summed E-state index contributed by atoms with van der Waals surface area (Å²) < 4.78 is 44.8. The van der Waals surface area contributed by atoms with Gasteiger partial charge < -0.3 is 13.9 Å². The van der Waals surface area contributed by atoms with Gasteiger partial charge in [-0.05, 0) is 42.6 Å². The summed E-state index contributed by atoms with van der Waals surface area (Å²) in [5.74, 6) is -3.40. The van der Waals surface area contributed by atoms with Crippen molar-refractivity contribution in [3.05, 3.63) is 24.2 Å². The van der Waals surface area contributed by atoms with E-state index in [-0.39, 0.29) is 6.42 Å². The van der Waals surface area contributed by atoms with Crippen LogP contribution in [0.15, 0.2) is 23.0 Å². The Labute approximate surface area is 186 Å². The third kappa shape index (κ3) is 3.57. The van der Waals surface area contributed by atoms with Crippen LogP contribution < -0.4 is 0 Å². The highest BCUT2D eigenvalue weighted by molar-refractivity contribution is 7.86. The number of furan rings is 1. The summed E-state index contributed by atoms with van der Waals surface area (Å²) in [6.07, 6.45) is 3.09. The van der Waals surface area contributed by atoms with Crippen LogP contribution in [0, 0.1) is 28.6 Å². The highest BCUT2D eigenvalue weighted by Crippen LogP contribution is 2.65. The van der Waals surface area contributed by atoms with Gasteiger partial charge in [-0.15, -0.1) is 0 Å². The number of ketones is 1. The molecule has 0 N–H and O–H groups in total. The third-order valence-electron chi connectivity index (χ3n) is 7.79. The maximum Gasteiger partial charge on any atom is 0.310 e. The molecule has 10 heteroatoms. The Morgan fingerprint density at radius 3 is 2.53 bits per heavy atom. The van der Waals surface area contributed by atoms with Crippen LogP contribution in [0.25, 0.3) is 0 Å². The van der Waals surface area contributed by atoms with E-state index in [2.05, 4.69) is 0 Å². The fourth-order valence-electron chi connectivity index (χ4n) is 6.45. The number of esters is 2. The Hall–Kier alpha value is -2.20. The van der Waals surface area contributed by atoms with E-state index in [4.69, 9.17) is 18.1 Å². The molecule has 2 heterocycles. The molecular weight excluding hydrogens is 440 g/mol. The molecule has 1 aliphatic heterocycles. The van der Waals surface area contributed by atoms with Crippen molar-refractivity contribution in [3.63, 3.8) is 0 Å². The van der Waals surface area contributed by atoms with E-state index < -0.39 is 68.6 Å². The van der Waals surface area contributed by atoms with E-state index in [9.17, 15) is 22.8 Å². The van der Waals surface area contributed by atoms with Gasteiger partial charge >= 0.3 is 11.9 Å². The fraction of sp³-hybridized carbons (Fsp3) is 0.682. The number of carbonyl (C=O) groups excluding carboxylic acids is 3. The molecule has 7 unspecified atom stereocenters. The van der Waals surface area contributed by atoms with Gasteiger partial charge in [0.25, 0.3) is 10.1 Å². The van der Waals surface area contributed by atoms with Crippen molar-refractivity contribution in [1.29, 1.82) is 0 Å². The van der Waals surface area contributed by atoms with Gasteiger partial charge in [-0.1, -0.05) is 13.8 Å². The average molecular weight is 469 g/mol. The topological polar surface area (TPSA) is 126 Å². The zero-order valence-electron chi connectivity index (χ0n) is 18.5. The Kier molecular flexibility index (Phi) is 5.52. The number of Topliss-reactive ketones (excluding diaryl/α,β-unsaturated/α-hetero) is 1. The fourth-order valence-corrected chi connectivity index (χ4v) is 7.05. The first-order chi connectivity index (χ1) is 14.9. The number of rotatable bonds is 4. The third-order valence-corrected chi connectivity index (χ3v) is 8.38. The van der Waals surface area contributed by atoms with Gasteiger partial charge in [0.2, 0.25) is 0 Å². The summed E-state index contributed by atoms with van der Waals surface area (Å²) in [6.45, 7) is 3.73. The summed E-state index contributed by atoms with van der Waals surface area (Å²) in [5.41, 5.74) is -1.000. The molecular formula is C22H28O9S. The Bertz CT molecular complexity index is 1030. The molecule has 2 saturated carbocycles. The second-order valence-electron chi connectivity index (χ2n) is 9.73. The standard InChI is InChI=1S/C22H28O9S/c1-21-7-5-13-20(25)30-16(12-6-8-29-11-12)10-22(13,2)18(21)17(23)15(31-32(4,26)27)9-14(21)19(24)28-3/h6,8,11,13-16,18H,5,7,9-10H2,1-4H3. The van der Waals surface area contributed by atoms with Crippen molar-refractivity contribution >= 4 is 27.8 Å². The number of hydrogen-bond acceptors (Lipinski definition) is 9. The molecule has 0 amide bonds. The molecule has 1 saturated heterocycles. The van der Waals surface area contributed by atoms with Crippen LogP contribution in [0.2, 0.25) is 0 Å². The zero-order valence-corrected chi connectivity index (χ0v) is 19.3. The Morgan fingerprint density at radius 2 is 1.94 bits per heavy atom. The average Bonchev–Trinajstić information content (AvgIpc) is 3.22. The molecule has 4 rings (SSSR count). The van der Waals surface area contributed by atoms with E-state index in [0.29, 0.717) is 24.8 Å². The van der Waals surface area contributed by atoms with Gasteiger partial charge in [0.1, 0.15) is 12.2 Å². The van der Waals surface area contributed by atoms with E-state index in [1.165, 1.54) is 19.6 Å². The molecule has 3 fully saturated rings. The van der Waals surface area contributed by atoms with Crippen LogP contribution in [0.3, 0.4) is 0 Å². The van der Waals surface area contributed by atoms with Crippen molar-refractivity contribution in [2.45, 2.75) is 51.7 Å². The van der Waals surface area contributed by atoms with Crippen molar-refractivity contribution < 1.29 is 40.9 Å². The molecule has 0 radical (unpaired) electrons. The Morgan fingerprint density at radius 1 is 1.22 bits per heavy atom. The van der Waals surface area contributed by atoms with Crippen LogP contribution in [0.1, 0.15) is 51.2 Å². The lowest BCUT2D eigenvalue weighted by atomic mass is 9.43.